The molecule has 0 radical (unpaired) electrons. The Labute approximate surface area is 229 Å². The molecule has 6 rings (SSSR count). The van der Waals surface area contributed by atoms with Crippen LogP contribution in [0.5, 0.6) is 5.75 Å². The van der Waals surface area contributed by atoms with Crippen molar-refractivity contribution in [2.75, 3.05) is 20.2 Å². The third-order valence-corrected chi connectivity index (χ3v) is 9.05. The SMILES string of the molecule is COc1ccc(C=NNC(=O)c2sc3ccccc3c2Cl)cc1CN1CC2CC(C1)c1cccc(=O)n1C2. The lowest BCUT2D eigenvalue weighted by Gasteiger charge is -2.42. The number of benzene rings is 2. The molecule has 1 fully saturated rings. The summed E-state index contributed by atoms with van der Waals surface area (Å²) < 4.78 is 8.57. The summed E-state index contributed by atoms with van der Waals surface area (Å²) >= 11 is 7.78. The summed E-state index contributed by atoms with van der Waals surface area (Å²) in [5, 5.41) is 5.50. The Morgan fingerprint density at radius 2 is 2.03 bits per heavy atom. The third-order valence-electron chi connectivity index (χ3n) is 7.37. The molecule has 1 amide bonds. The largest absolute Gasteiger partial charge is 0.496 e. The van der Waals surface area contributed by atoms with Crippen LogP contribution in [0.25, 0.3) is 10.1 Å². The van der Waals surface area contributed by atoms with E-state index in [2.05, 4.69) is 21.5 Å². The van der Waals surface area contributed by atoms with Crippen molar-refractivity contribution in [3.63, 3.8) is 0 Å². The van der Waals surface area contributed by atoms with Crippen LogP contribution in [0.15, 0.2) is 70.6 Å². The number of hydrazone groups is 1. The number of ether oxygens (including phenoxy) is 1. The second kappa shape index (κ2) is 10.4. The van der Waals surface area contributed by atoms with Gasteiger partial charge in [-0.3, -0.25) is 14.5 Å². The van der Waals surface area contributed by atoms with Crippen LogP contribution in [0, 0.1) is 5.92 Å². The van der Waals surface area contributed by atoms with E-state index >= 15 is 0 Å². The van der Waals surface area contributed by atoms with E-state index in [0.29, 0.717) is 21.7 Å². The number of pyridine rings is 1. The number of fused-ring (bicyclic) bond motifs is 5. The molecule has 7 nitrogen and oxygen atoms in total. The van der Waals surface area contributed by atoms with Crippen LogP contribution < -0.4 is 15.7 Å². The van der Waals surface area contributed by atoms with E-state index in [4.69, 9.17) is 16.3 Å². The maximum absolute atomic E-state index is 12.7. The molecule has 2 atom stereocenters. The van der Waals surface area contributed by atoms with Crippen molar-refractivity contribution in [2.45, 2.75) is 25.4 Å². The second-order valence-corrected chi connectivity index (χ2v) is 11.3. The summed E-state index contributed by atoms with van der Waals surface area (Å²) in [7, 11) is 1.68. The highest BCUT2D eigenvalue weighted by molar-refractivity contribution is 7.21. The number of aromatic nitrogens is 1. The normalized spacial score (nSPS) is 19.0. The number of rotatable bonds is 6. The lowest BCUT2D eigenvalue weighted by molar-refractivity contribution is 0.0959. The smallest absolute Gasteiger partial charge is 0.283 e. The Hall–Kier alpha value is -3.46. The van der Waals surface area contributed by atoms with Gasteiger partial charge < -0.3 is 9.30 Å². The molecular formula is C29H27ClN4O3S. The average molecular weight is 547 g/mol. The first-order valence-electron chi connectivity index (χ1n) is 12.6. The van der Waals surface area contributed by atoms with Crippen molar-refractivity contribution >= 4 is 45.1 Å². The van der Waals surface area contributed by atoms with Gasteiger partial charge in [-0.15, -0.1) is 11.3 Å². The molecule has 2 bridgehead atoms. The van der Waals surface area contributed by atoms with Crippen LogP contribution in [0.1, 0.15) is 38.8 Å². The van der Waals surface area contributed by atoms with E-state index < -0.39 is 0 Å². The monoisotopic (exact) mass is 546 g/mol. The molecule has 38 heavy (non-hydrogen) atoms. The fourth-order valence-corrected chi connectivity index (χ4v) is 7.15. The molecule has 2 unspecified atom stereocenters. The van der Waals surface area contributed by atoms with E-state index in [1.54, 1.807) is 19.4 Å². The number of hydrogen-bond acceptors (Lipinski definition) is 6. The number of amides is 1. The van der Waals surface area contributed by atoms with Crippen LogP contribution in [0.2, 0.25) is 5.02 Å². The zero-order valence-corrected chi connectivity index (χ0v) is 22.5. The summed E-state index contributed by atoms with van der Waals surface area (Å²) in [6.45, 7) is 3.34. The van der Waals surface area contributed by atoms with Crippen molar-refractivity contribution in [1.82, 2.24) is 14.9 Å². The first kappa shape index (κ1) is 24.9. The van der Waals surface area contributed by atoms with Gasteiger partial charge in [-0.25, -0.2) is 5.43 Å². The van der Waals surface area contributed by atoms with E-state index in [0.717, 1.165) is 65.3 Å². The predicted molar refractivity (Wildman–Crippen MR) is 152 cm³/mol. The van der Waals surface area contributed by atoms with Crippen molar-refractivity contribution in [1.29, 1.82) is 0 Å². The minimum absolute atomic E-state index is 0.0982. The van der Waals surface area contributed by atoms with Crippen molar-refractivity contribution in [3.8, 4) is 5.75 Å². The van der Waals surface area contributed by atoms with E-state index in [1.807, 2.05) is 53.1 Å². The zero-order chi connectivity index (χ0) is 26.2. The van der Waals surface area contributed by atoms with Gasteiger partial charge in [0.1, 0.15) is 10.6 Å². The Morgan fingerprint density at radius 1 is 1.16 bits per heavy atom. The van der Waals surface area contributed by atoms with E-state index in [1.165, 1.54) is 11.3 Å². The zero-order valence-electron chi connectivity index (χ0n) is 20.9. The Balaban J connectivity index is 1.16. The first-order chi connectivity index (χ1) is 18.5. The molecule has 4 heterocycles. The molecule has 2 aromatic heterocycles. The highest BCUT2D eigenvalue weighted by Gasteiger charge is 2.34. The van der Waals surface area contributed by atoms with Crippen molar-refractivity contribution in [3.05, 3.63) is 97.7 Å². The van der Waals surface area contributed by atoms with Crippen LogP contribution in [-0.2, 0) is 13.1 Å². The number of hydrogen-bond donors (Lipinski definition) is 1. The molecule has 1 N–H and O–H groups in total. The van der Waals surface area contributed by atoms with Crippen LogP contribution in [0.3, 0.4) is 0 Å². The molecule has 2 aliphatic heterocycles. The number of thiophene rings is 1. The van der Waals surface area contributed by atoms with Crippen LogP contribution >= 0.6 is 22.9 Å². The van der Waals surface area contributed by atoms with Gasteiger partial charge in [0.15, 0.2) is 0 Å². The fourth-order valence-electron chi connectivity index (χ4n) is 5.74. The molecule has 2 aromatic carbocycles. The minimum Gasteiger partial charge on any atom is -0.496 e. The summed E-state index contributed by atoms with van der Waals surface area (Å²) in [5.74, 6) is 1.28. The van der Waals surface area contributed by atoms with Gasteiger partial charge in [0.05, 0.1) is 18.3 Å². The molecular weight excluding hydrogens is 520 g/mol. The number of methoxy groups -OCH3 is 1. The quantitative estimate of drug-likeness (QED) is 0.269. The molecule has 1 saturated heterocycles. The van der Waals surface area contributed by atoms with Gasteiger partial charge in [-0.2, -0.15) is 5.10 Å². The molecule has 9 heteroatoms. The van der Waals surface area contributed by atoms with Gasteiger partial charge in [0, 0.05) is 59.5 Å². The summed E-state index contributed by atoms with van der Waals surface area (Å²) in [6.07, 6.45) is 2.75. The lowest BCUT2D eigenvalue weighted by atomic mass is 9.83. The first-order valence-corrected chi connectivity index (χ1v) is 13.8. The van der Waals surface area contributed by atoms with Gasteiger partial charge in [0.2, 0.25) is 0 Å². The maximum Gasteiger partial charge on any atom is 0.283 e. The number of nitrogens with zero attached hydrogens (tertiary/aromatic N) is 3. The van der Waals surface area contributed by atoms with Crippen LogP contribution in [-0.4, -0.2) is 41.8 Å². The van der Waals surface area contributed by atoms with E-state index in [-0.39, 0.29) is 11.5 Å². The molecule has 194 valence electrons. The maximum atomic E-state index is 12.7. The number of carbonyl (C=O) groups excluding carboxylic acids is 1. The lowest BCUT2D eigenvalue weighted by Crippen LogP contribution is -2.46. The topological polar surface area (TPSA) is 75.9 Å². The van der Waals surface area contributed by atoms with Crippen molar-refractivity contribution < 1.29 is 9.53 Å². The summed E-state index contributed by atoms with van der Waals surface area (Å²) in [6, 6.07) is 19.2. The third kappa shape index (κ3) is 4.75. The molecule has 0 saturated carbocycles. The number of piperidine rings is 1. The Kier molecular flexibility index (Phi) is 6.78. The van der Waals surface area contributed by atoms with Gasteiger partial charge in [0.25, 0.3) is 11.5 Å². The molecule has 0 spiro atoms. The average Bonchev–Trinajstić information content (AvgIpc) is 3.26. The van der Waals surface area contributed by atoms with Gasteiger partial charge >= 0.3 is 0 Å². The molecule has 0 aliphatic carbocycles. The van der Waals surface area contributed by atoms with Crippen molar-refractivity contribution in [2.24, 2.45) is 11.0 Å². The standard InChI is InChI=1S/C29H27ClN4O3S/c1-37-24-10-9-18(13-31-32-29(36)28-27(30)22-5-2-3-7-25(22)38-28)11-21(24)17-33-14-19-12-20(16-33)23-6-4-8-26(35)34(23)15-19/h2-11,13,19-20H,12,14-17H2,1H3,(H,32,36). The number of likely N-dealkylation sites (tertiary alicyclic amines) is 1. The van der Waals surface area contributed by atoms with Gasteiger partial charge in [-0.05, 0) is 48.2 Å². The number of carbonyl (C=O) groups is 1. The summed E-state index contributed by atoms with van der Waals surface area (Å²) in [4.78, 5) is 27.9. The minimum atomic E-state index is -0.333. The Morgan fingerprint density at radius 3 is 2.87 bits per heavy atom. The highest BCUT2D eigenvalue weighted by Crippen LogP contribution is 2.37. The Bertz CT molecular complexity index is 1610. The van der Waals surface area contributed by atoms with Gasteiger partial charge in [-0.1, -0.05) is 35.9 Å². The molecule has 4 aromatic rings. The highest BCUT2D eigenvalue weighted by atomic mass is 35.5. The predicted octanol–water partition coefficient (Wildman–Crippen LogP) is 5.11. The number of nitrogens with one attached hydrogen (secondary N) is 1. The molecule has 2 aliphatic rings. The summed E-state index contributed by atoms with van der Waals surface area (Å²) in [5.41, 5.74) is 5.76. The number of halogens is 1. The van der Waals surface area contributed by atoms with Crippen LogP contribution in [0.4, 0.5) is 0 Å². The van der Waals surface area contributed by atoms with E-state index in [9.17, 15) is 9.59 Å². The second-order valence-electron chi connectivity index (χ2n) is 9.90. The fraction of sp³-hybridized carbons (Fsp3) is 0.276.